The summed E-state index contributed by atoms with van der Waals surface area (Å²) in [5.74, 6) is -0.981. The summed E-state index contributed by atoms with van der Waals surface area (Å²) < 4.78 is 49.6. The summed E-state index contributed by atoms with van der Waals surface area (Å²) in [6, 6.07) is 1.78. The predicted molar refractivity (Wildman–Crippen MR) is 56.0 cm³/mol. The van der Waals surface area contributed by atoms with Crippen LogP contribution in [0.3, 0.4) is 0 Å². The van der Waals surface area contributed by atoms with Crippen molar-refractivity contribution in [2.45, 2.75) is 19.2 Å². The van der Waals surface area contributed by atoms with Crippen molar-refractivity contribution in [2.24, 2.45) is 0 Å². The Bertz CT molecular complexity index is 484. The molecule has 0 aromatic carbocycles. The number of halogens is 4. The second-order valence-electron chi connectivity index (χ2n) is 3.66. The zero-order valence-corrected chi connectivity index (χ0v) is 13.7. The second-order valence-corrected chi connectivity index (χ2v) is 3.66. The van der Waals surface area contributed by atoms with E-state index in [0.29, 0.717) is 0 Å². The fourth-order valence-corrected chi connectivity index (χ4v) is 1.40. The number of alkyl halides is 4. The zero-order valence-electron chi connectivity index (χ0n) is 10.6. The molecular formula is C10H9F4KN2O3. The molecule has 0 fully saturated rings. The van der Waals surface area contributed by atoms with Crippen molar-refractivity contribution in [2.75, 3.05) is 6.67 Å². The molecule has 0 saturated carbocycles. The molecule has 1 N–H and O–H groups in total. The van der Waals surface area contributed by atoms with Gasteiger partial charge in [0, 0.05) is 0 Å². The van der Waals surface area contributed by atoms with E-state index in [0.717, 1.165) is 12.1 Å². The first kappa shape index (κ1) is 19.7. The van der Waals surface area contributed by atoms with Crippen LogP contribution in [0.5, 0.6) is 0 Å². The molecule has 1 heterocycles. The summed E-state index contributed by atoms with van der Waals surface area (Å²) in [5, 5.41) is 19.5. The van der Waals surface area contributed by atoms with E-state index in [2.05, 4.69) is 4.98 Å². The van der Waals surface area contributed by atoms with Crippen LogP contribution in [0, 0.1) is 23.0 Å². The Kier molecular flexibility index (Phi) is 7.56. The first-order valence-corrected chi connectivity index (χ1v) is 4.97. The van der Waals surface area contributed by atoms with E-state index < -0.39 is 41.2 Å². The van der Waals surface area contributed by atoms with Crippen LogP contribution in [0.1, 0.15) is 11.4 Å². The number of aliphatic hydroxyl groups is 1. The van der Waals surface area contributed by atoms with Gasteiger partial charge >= 0.3 is 57.6 Å². The van der Waals surface area contributed by atoms with Crippen molar-refractivity contribution in [3.05, 3.63) is 39.6 Å². The van der Waals surface area contributed by atoms with Gasteiger partial charge in [-0.3, -0.25) is 19.5 Å². The number of aliphatic hydroxyl groups excluding tert-OH is 1. The van der Waals surface area contributed by atoms with Crippen molar-refractivity contribution in [3.8, 4) is 0 Å². The van der Waals surface area contributed by atoms with E-state index in [-0.39, 0.29) is 57.1 Å². The van der Waals surface area contributed by atoms with Gasteiger partial charge in [-0.2, -0.15) is 19.2 Å². The average molecular weight is 320 g/mol. The monoisotopic (exact) mass is 320 g/mol. The molecule has 0 saturated heterocycles. The normalized spacial score (nSPS) is 12.5. The molecule has 0 aliphatic carbocycles. The van der Waals surface area contributed by atoms with Crippen LogP contribution in [0.2, 0.25) is 0 Å². The van der Waals surface area contributed by atoms with Crippen molar-refractivity contribution >= 4 is 5.69 Å². The quantitative estimate of drug-likeness (QED) is 0.257. The minimum absolute atomic E-state index is 0. The predicted octanol–water partition coefficient (Wildman–Crippen LogP) is -0.882. The largest absolute Gasteiger partial charge is 1.00 e. The first-order valence-electron chi connectivity index (χ1n) is 4.97. The van der Waals surface area contributed by atoms with Crippen LogP contribution in [-0.4, -0.2) is 34.0 Å². The van der Waals surface area contributed by atoms with Crippen LogP contribution in [-0.2, 0) is 0 Å². The fourth-order valence-electron chi connectivity index (χ4n) is 1.40. The van der Waals surface area contributed by atoms with Crippen LogP contribution in [0.25, 0.3) is 0 Å². The maximum atomic E-state index is 12.6. The molecule has 106 valence electrons. The molecule has 0 aliphatic rings. The third-order valence-electron chi connectivity index (χ3n) is 2.37. The van der Waals surface area contributed by atoms with E-state index in [9.17, 15) is 27.7 Å². The van der Waals surface area contributed by atoms with Gasteiger partial charge in [0.2, 0.25) is 0 Å². The van der Waals surface area contributed by atoms with Gasteiger partial charge in [0.1, 0.15) is 11.8 Å². The van der Waals surface area contributed by atoms with Gasteiger partial charge in [0.25, 0.3) is 5.69 Å². The maximum absolute atomic E-state index is 12.6. The van der Waals surface area contributed by atoms with Gasteiger partial charge in [-0.15, -0.1) is 5.92 Å². The standard InChI is InChI=1S/C10H9F4N2O3.K/c1-5-8(16(18)19)3-2-7(15-5)6(4-11)9(17)10(12,13)14;/h2-3,9,17H,4H2,1H3;/q-1;+1. The van der Waals surface area contributed by atoms with E-state index in [1.165, 1.54) is 6.92 Å². The molecule has 0 amide bonds. The van der Waals surface area contributed by atoms with E-state index in [1.54, 1.807) is 0 Å². The van der Waals surface area contributed by atoms with E-state index >= 15 is 0 Å². The number of pyridine rings is 1. The van der Waals surface area contributed by atoms with Crippen LogP contribution in [0.4, 0.5) is 23.2 Å². The number of hydrogen-bond acceptors (Lipinski definition) is 4. The minimum atomic E-state index is -5.03. The molecule has 0 bridgehead atoms. The second kappa shape index (κ2) is 7.66. The van der Waals surface area contributed by atoms with Crippen LogP contribution >= 0.6 is 0 Å². The number of aromatic nitrogens is 1. The zero-order chi connectivity index (χ0) is 14.8. The third kappa shape index (κ3) is 4.64. The van der Waals surface area contributed by atoms with Crippen molar-refractivity contribution in [1.29, 1.82) is 0 Å². The SMILES string of the molecule is Cc1nc([C-](CF)C(O)C(F)(F)F)ccc1[N+](=O)[O-].[K+]. The Morgan fingerprint density at radius 3 is 2.40 bits per heavy atom. The van der Waals surface area contributed by atoms with Gasteiger partial charge in [-0.25, -0.2) is 0 Å². The van der Waals surface area contributed by atoms with Crippen molar-refractivity contribution in [1.82, 2.24) is 4.98 Å². The first-order chi connectivity index (χ1) is 8.68. The summed E-state index contributed by atoms with van der Waals surface area (Å²) >= 11 is 0. The minimum Gasteiger partial charge on any atom is -0.397 e. The maximum Gasteiger partial charge on any atom is 1.00 e. The summed E-state index contributed by atoms with van der Waals surface area (Å²) in [6.07, 6.45) is -8.02. The number of aryl methyl sites for hydroxylation is 1. The molecule has 10 heteroatoms. The number of nitro groups is 1. The molecule has 20 heavy (non-hydrogen) atoms. The Balaban J connectivity index is 0.00000361. The van der Waals surface area contributed by atoms with E-state index in [4.69, 9.17) is 5.11 Å². The molecule has 1 unspecified atom stereocenters. The molecular weight excluding hydrogens is 311 g/mol. The van der Waals surface area contributed by atoms with Gasteiger partial charge in [-0.05, 0) is 6.92 Å². The van der Waals surface area contributed by atoms with E-state index in [1.807, 2.05) is 0 Å². The molecule has 0 aliphatic heterocycles. The average Bonchev–Trinajstić information content (AvgIpc) is 2.28. The van der Waals surface area contributed by atoms with Crippen molar-refractivity contribution < 1.29 is 79.0 Å². The summed E-state index contributed by atoms with van der Waals surface area (Å²) in [6.45, 7) is -0.359. The van der Waals surface area contributed by atoms with Gasteiger partial charge in [-0.1, -0.05) is 11.8 Å². The van der Waals surface area contributed by atoms with Crippen LogP contribution < -0.4 is 51.4 Å². The molecule has 1 aromatic rings. The number of nitrogens with zero attached hydrogens (tertiary/aromatic N) is 2. The molecule has 1 aromatic heterocycles. The van der Waals surface area contributed by atoms with Gasteiger partial charge in [0.05, 0.1) is 11.6 Å². The Morgan fingerprint density at radius 1 is 1.50 bits per heavy atom. The molecule has 1 atom stereocenters. The Labute approximate surface area is 154 Å². The molecule has 1 rings (SSSR count). The summed E-state index contributed by atoms with van der Waals surface area (Å²) in [4.78, 5) is 13.3. The van der Waals surface area contributed by atoms with Crippen LogP contribution in [0.15, 0.2) is 12.1 Å². The smallest absolute Gasteiger partial charge is 0.397 e. The number of rotatable bonds is 4. The molecule has 5 nitrogen and oxygen atoms in total. The number of hydrogen-bond donors (Lipinski definition) is 1. The van der Waals surface area contributed by atoms with Gasteiger partial charge < -0.3 is 5.11 Å². The Morgan fingerprint density at radius 2 is 2.05 bits per heavy atom. The van der Waals surface area contributed by atoms with Gasteiger partial charge in [0.15, 0.2) is 0 Å². The Hall–Kier alpha value is -0.264. The third-order valence-corrected chi connectivity index (χ3v) is 2.37. The summed E-state index contributed by atoms with van der Waals surface area (Å²) in [5.41, 5.74) is -1.03. The summed E-state index contributed by atoms with van der Waals surface area (Å²) in [7, 11) is 0. The topological polar surface area (TPSA) is 76.3 Å². The molecule has 0 spiro atoms. The molecule has 0 radical (unpaired) electrons. The van der Waals surface area contributed by atoms with Crippen molar-refractivity contribution in [3.63, 3.8) is 0 Å². The fraction of sp³-hybridized carbons (Fsp3) is 0.400.